The van der Waals surface area contributed by atoms with E-state index in [9.17, 15) is 0 Å². The maximum absolute atomic E-state index is 5.46. The van der Waals surface area contributed by atoms with Gasteiger partial charge >= 0.3 is 0 Å². The van der Waals surface area contributed by atoms with Crippen molar-refractivity contribution in [3.8, 4) is 11.1 Å². The van der Waals surface area contributed by atoms with Gasteiger partial charge in [-0.05, 0) is 48.9 Å². The van der Waals surface area contributed by atoms with Crippen LogP contribution in [0.3, 0.4) is 0 Å². The minimum atomic E-state index is -0.00523. The second-order valence-corrected chi connectivity index (χ2v) is 6.67. The molecular weight excluding hydrogens is 284 g/mol. The summed E-state index contributed by atoms with van der Waals surface area (Å²) < 4.78 is 10.9. The molecule has 2 heteroatoms. The second kappa shape index (κ2) is 6.46. The van der Waals surface area contributed by atoms with E-state index in [1.807, 2.05) is 0 Å². The van der Waals surface area contributed by atoms with Crippen molar-refractivity contribution < 1.29 is 9.47 Å². The summed E-state index contributed by atoms with van der Waals surface area (Å²) in [6, 6.07) is 13.7. The molecule has 23 heavy (non-hydrogen) atoms. The number of fused-ring (bicyclic) bond motifs is 3. The Bertz CT molecular complexity index is 641. The molecule has 2 aromatic carbocycles. The van der Waals surface area contributed by atoms with E-state index >= 15 is 0 Å². The summed E-state index contributed by atoms with van der Waals surface area (Å²) in [5.41, 5.74) is 8.24. The van der Waals surface area contributed by atoms with Crippen molar-refractivity contribution in [2.45, 2.75) is 32.1 Å². The van der Waals surface area contributed by atoms with Gasteiger partial charge in [-0.3, -0.25) is 0 Å². The van der Waals surface area contributed by atoms with Crippen LogP contribution in [0.1, 0.15) is 35.1 Å². The summed E-state index contributed by atoms with van der Waals surface area (Å²) >= 11 is 0. The molecule has 0 fully saturated rings. The minimum absolute atomic E-state index is 0.00523. The van der Waals surface area contributed by atoms with Crippen LogP contribution in [0.15, 0.2) is 36.4 Å². The van der Waals surface area contributed by atoms with Gasteiger partial charge in [0.05, 0.1) is 0 Å². The minimum Gasteiger partial charge on any atom is -0.385 e. The van der Waals surface area contributed by atoms with Crippen molar-refractivity contribution in [3.05, 3.63) is 58.7 Å². The number of hydrogen-bond acceptors (Lipinski definition) is 2. The predicted octanol–water partition coefficient (Wildman–Crippen LogP) is 4.64. The lowest BCUT2D eigenvalue weighted by atomic mass is 9.72. The first-order valence-corrected chi connectivity index (χ1v) is 8.33. The molecule has 1 aliphatic carbocycles. The molecule has 2 nitrogen and oxygen atoms in total. The Morgan fingerprint density at radius 2 is 1.17 bits per heavy atom. The molecule has 0 N–H and O–H groups in total. The number of hydrogen-bond donors (Lipinski definition) is 0. The van der Waals surface area contributed by atoms with Gasteiger partial charge in [-0.15, -0.1) is 0 Å². The molecule has 1 aliphatic rings. The highest BCUT2D eigenvalue weighted by Gasteiger charge is 2.42. The summed E-state index contributed by atoms with van der Waals surface area (Å²) in [7, 11) is 3.57. The number of ether oxygens (including phenoxy) is 2. The molecule has 3 rings (SSSR count). The van der Waals surface area contributed by atoms with E-state index in [1.165, 1.54) is 33.4 Å². The Labute approximate surface area is 139 Å². The lowest BCUT2D eigenvalue weighted by Crippen LogP contribution is -2.29. The van der Waals surface area contributed by atoms with E-state index in [0.29, 0.717) is 0 Å². The Balaban J connectivity index is 2.23. The molecule has 0 aromatic heterocycles. The lowest BCUT2D eigenvalue weighted by Gasteiger charge is -2.32. The van der Waals surface area contributed by atoms with Gasteiger partial charge in [0.2, 0.25) is 0 Å². The van der Waals surface area contributed by atoms with E-state index in [1.54, 1.807) is 14.2 Å². The monoisotopic (exact) mass is 310 g/mol. The van der Waals surface area contributed by atoms with Crippen molar-refractivity contribution in [2.24, 2.45) is 0 Å². The Kier molecular flexibility index (Phi) is 4.56. The smallest absolute Gasteiger partial charge is 0.0474 e. The number of benzene rings is 2. The van der Waals surface area contributed by atoms with Gasteiger partial charge in [0.15, 0.2) is 0 Å². The second-order valence-electron chi connectivity index (χ2n) is 6.67. The fraction of sp³-hybridized carbons (Fsp3) is 0.429. The Morgan fingerprint density at radius 1 is 0.739 bits per heavy atom. The average Bonchev–Trinajstić information content (AvgIpc) is 2.80. The molecule has 0 heterocycles. The quantitative estimate of drug-likeness (QED) is 0.773. The van der Waals surface area contributed by atoms with Crippen LogP contribution in [-0.2, 0) is 14.9 Å². The number of methoxy groups -OCH3 is 2. The molecule has 0 atom stereocenters. The van der Waals surface area contributed by atoms with Crippen LogP contribution in [0.25, 0.3) is 11.1 Å². The fourth-order valence-electron chi connectivity index (χ4n) is 3.94. The van der Waals surface area contributed by atoms with E-state index in [4.69, 9.17) is 9.47 Å². The van der Waals surface area contributed by atoms with Gasteiger partial charge in [0.25, 0.3) is 0 Å². The summed E-state index contributed by atoms with van der Waals surface area (Å²) in [5.74, 6) is 0. The Hall–Kier alpha value is -1.64. The average molecular weight is 310 g/mol. The van der Waals surface area contributed by atoms with Gasteiger partial charge < -0.3 is 9.47 Å². The number of rotatable bonds is 6. The first kappa shape index (κ1) is 16.2. The zero-order valence-corrected chi connectivity index (χ0v) is 14.6. The SMILES string of the molecule is COCCC1(CCOC)c2cc(C)ccc2-c2ccc(C)cc21. The summed E-state index contributed by atoms with van der Waals surface area (Å²) in [6.45, 7) is 5.85. The molecule has 0 spiro atoms. The molecule has 0 unspecified atom stereocenters. The van der Waals surface area contributed by atoms with E-state index in [0.717, 1.165) is 26.1 Å². The molecule has 0 amide bonds. The van der Waals surface area contributed by atoms with Crippen molar-refractivity contribution in [3.63, 3.8) is 0 Å². The maximum atomic E-state index is 5.46. The van der Waals surface area contributed by atoms with Gasteiger partial charge in [-0.25, -0.2) is 0 Å². The highest BCUT2D eigenvalue weighted by molar-refractivity contribution is 5.81. The van der Waals surface area contributed by atoms with Gasteiger partial charge in [-0.2, -0.15) is 0 Å². The third kappa shape index (κ3) is 2.71. The Morgan fingerprint density at radius 3 is 1.57 bits per heavy atom. The molecule has 0 saturated carbocycles. The standard InChI is InChI=1S/C21H26O2/c1-15-5-7-17-18-8-6-16(2)14-20(18)21(9-11-22-3,10-12-23-4)19(17)13-15/h5-8,13-14H,9-12H2,1-4H3. The fourth-order valence-corrected chi connectivity index (χ4v) is 3.94. The lowest BCUT2D eigenvalue weighted by molar-refractivity contribution is 0.145. The van der Waals surface area contributed by atoms with Crippen LogP contribution in [0.4, 0.5) is 0 Å². The molecule has 0 saturated heterocycles. The van der Waals surface area contributed by atoms with Crippen LogP contribution in [0.2, 0.25) is 0 Å². The molecule has 122 valence electrons. The zero-order valence-electron chi connectivity index (χ0n) is 14.6. The van der Waals surface area contributed by atoms with E-state index in [-0.39, 0.29) is 5.41 Å². The van der Waals surface area contributed by atoms with Crippen LogP contribution >= 0.6 is 0 Å². The maximum Gasteiger partial charge on any atom is 0.0474 e. The van der Waals surface area contributed by atoms with Crippen molar-refractivity contribution in [1.29, 1.82) is 0 Å². The van der Waals surface area contributed by atoms with Crippen molar-refractivity contribution in [1.82, 2.24) is 0 Å². The van der Waals surface area contributed by atoms with Crippen LogP contribution < -0.4 is 0 Å². The van der Waals surface area contributed by atoms with Gasteiger partial charge in [-0.1, -0.05) is 47.5 Å². The predicted molar refractivity (Wildman–Crippen MR) is 95.1 cm³/mol. The summed E-state index contributed by atoms with van der Waals surface area (Å²) in [6.07, 6.45) is 1.97. The van der Waals surface area contributed by atoms with Gasteiger partial charge in [0, 0.05) is 32.8 Å². The van der Waals surface area contributed by atoms with Crippen LogP contribution in [0.5, 0.6) is 0 Å². The summed E-state index contributed by atoms with van der Waals surface area (Å²) in [4.78, 5) is 0. The third-order valence-electron chi connectivity index (χ3n) is 5.14. The highest BCUT2D eigenvalue weighted by atomic mass is 16.5. The van der Waals surface area contributed by atoms with E-state index < -0.39 is 0 Å². The first-order chi connectivity index (χ1) is 11.1. The topological polar surface area (TPSA) is 18.5 Å². The van der Waals surface area contributed by atoms with Crippen LogP contribution in [0, 0.1) is 13.8 Å². The molecule has 0 bridgehead atoms. The normalized spacial score (nSPS) is 14.6. The third-order valence-corrected chi connectivity index (χ3v) is 5.14. The molecule has 2 aromatic rings. The van der Waals surface area contributed by atoms with Crippen molar-refractivity contribution >= 4 is 0 Å². The number of aryl methyl sites for hydroxylation is 2. The van der Waals surface area contributed by atoms with Gasteiger partial charge in [0.1, 0.15) is 0 Å². The largest absolute Gasteiger partial charge is 0.385 e. The molecular formula is C21H26O2. The zero-order chi connectivity index (χ0) is 16.4. The first-order valence-electron chi connectivity index (χ1n) is 8.33. The summed E-state index contributed by atoms with van der Waals surface area (Å²) in [5, 5.41) is 0. The molecule has 0 radical (unpaired) electrons. The van der Waals surface area contributed by atoms with Crippen molar-refractivity contribution in [2.75, 3.05) is 27.4 Å². The molecule has 0 aliphatic heterocycles. The highest BCUT2D eigenvalue weighted by Crippen LogP contribution is 2.53. The van der Waals surface area contributed by atoms with E-state index in [2.05, 4.69) is 50.2 Å². The van der Waals surface area contributed by atoms with Crippen LogP contribution in [-0.4, -0.2) is 27.4 Å².